The molecule has 0 aliphatic carbocycles. The summed E-state index contributed by atoms with van der Waals surface area (Å²) in [6, 6.07) is 21.0. The van der Waals surface area contributed by atoms with Crippen LogP contribution in [-0.4, -0.2) is 5.71 Å². The van der Waals surface area contributed by atoms with E-state index < -0.39 is 0 Å². The molecule has 0 aromatic heterocycles. The first-order valence-electron chi connectivity index (χ1n) is 7.21. The molecule has 1 aliphatic rings. The summed E-state index contributed by atoms with van der Waals surface area (Å²) < 4.78 is 0. The predicted molar refractivity (Wildman–Crippen MR) is 85.8 cm³/mol. The quantitative estimate of drug-likeness (QED) is 0.725. The number of hydrogen-bond acceptors (Lipinski definition) is 1. The first-order valence-corrected chi connectivity index (χ1v) is 7.21. The standard InChI is InChI=1S/C19H19N/c1-15-12-13-18(16-8-4-2-5-9-16)20-19(14-15)17-10-6-3-7-11-17/h2-11,13,15H,12,14H2,1H3/t15-/m0/s1. The highest BCUT2D eigenvalue weighted by molar-refractivity contribution is 6.03. The molecule has 0 fully saturated rings. The van der Waals surface area contributed by atoms with E-state index >= 15 is 0 Å². The van der Waals surface area contributed by atoms with E-state index in [0.717, 1.165) is 18.5 Å². The highest BCUT2D eigenvalue weighted by atomic mass is 14.8. The number of rotatable bonds is 2. The van der Waals surface area contributed by atoms with Crippen molar-refractivity contribution in [1.82, 2.24) is 0 Å². The van der Waals surface area contributed by atoms with Crippen molar-refractivity contribution in [3.63, 3.8) is 0 Å². The third kappa shape index (κ3) is 2.88. The summed E-state index contributed by atoms with van der Waals surface area (Å²) in [5.41, 5.74) is 4.75. The lowest BCUT2D eigenvalue weighted by molar-refractivity contribution is 0.624. The van der Waals surface area contributed by atoms with E-state index in [1.165, 1.54) is 16.8 Å². The molecular weight excluding hydrogens is 242 g/mol. The van der Waals surface area contributed by atoms with Crippen LogP contribution in [0.2, 0.25) is 0 Å². The fourth-order valence-electron chi connectivity index (χ4n) is 2.57. The van der Waals surface area contributed by atoms with Crippen molar-refractivity contribution in [1.29, 1.82) is 0 Å². The Labute approximate surface area is 120 Å². The average molecular weight is 261 g/mol. The van der Waals surface area contributed by atoms with Gasteiger partial charge in [0.05, 0.1) is 5.70 Å². The Bertz CT molecular complexity index is 623. The van der Waals surface area contributed by atoms with Crippen molar-refractivity contribution in [3.8, 4) is 0 Å². The molecule has 3 rings (SSSR count). The molecule has 0 saturated heterocycles. The van der Waals surface area contributed by atoms with Gasteiger partial charge in [-0.2, -0.15) is 0 Å². The lowest BCUT2D eigenvalue weighted by atomic mass is 9.97. The van der Waals surface area contributed by atoms with Gasteiger partial charge in [0.1, 0.15) is 0 Å². The minimum atomic E-state index is 0.634. The molecule has 2 aromatic carbocycles. The molecule has 1 heterocycles. The predicted octanol–water partition coefficient (Wildman–Crippen LogP) is 4.95. The Hall–Kier alpha value is -2.15. The van der Waals surface area contributed by atoms with Gasteiger partial charge >= 0.3 is 0 Å². The van der Waals surface area contributed by atoms with Crippen LogP contribution in [-0.2, 0) is 0 Å². The fraction of sp³-hybridized carbons (Fsp3) is 0.211. The van der Waals surface area contributed by atoms with Gasteiger partial charge in [-0.1, -0.05) is 73.7 Å². The van der Waals surface area contributed by atoms with E-state index in [1.54, 1.807) is 0 Å². The van der Waals surface area contributed by atoms with Crippen LogP contribution in [0.25, 0.3) is 5.70 Å². The summed E-state index contributed by atoms with van der Waals surface area (Å²) in [6.45, 7) is 2.29. The minimum Gasteiger partial charge on any atom is -0.253 e. The molecule has 0 bridgehead atoms. The summed E-state index contributed by atoms with van der Waals surface area (Å²) in [5.74, 6) is 0.634. The molecule has 0 N–H and O–H groups in total. The van der Waals surface area contributed by atoms with Gasteiger partial charge in [0.2, 0.25) is 0 Å². The third-order valence-corrected chi connectivity index (χ3v) is 3.69. The van der Waals surface area contributed by atoms with Crippen LogP contribution in [0.3, 0.4) is 0 Å². The topological polar surface area (TPSA) is 12.4 Å². The minimum absolute atomic E-state index is 0.634. The molecule has 1 nitrogen and oxygen atoms in total. The highest BCUT2D eigenvalue weighted by Gasteiger charge is 2.14. The van der Waals surface area contributed by atoms with Gasteiger partial charge in [-0.25, -0.2) is 0 Å². The Balaban J connectivity index is 2.01. The van der Waals surface area contributed by atoms with Crippen LogP contribution in [0.1, 0.15) is 30.9 Å². The smallest absolute Gasteiger partial charge is 0.0665 e. The molecule has 1 atom stereocenters. The van der Waals surface area contributed by atoms with Gasteiger partial charge in [-0.15, -0.1) is 0 Å². The molecule has 1 aliphatic heterocycles. The van der Waals surface area contributed by atoms with Crippen molar-refractivity contribution in [2.45, 2.75) is 19.8 Å². The van der Waals surface area contributed by atoms with Crippen molar-refractivity contribution in [2.75, 3.05) is 0 Å². The lowest BCUT2D eigenvalue weighted by Crippen LogP contribution is -2.05. The maximum Gasteiger partial charge on any atom is 0.0665 e. The number of allylic oxidation sites excluding steroid dienone is 1. The monoisotopic (exact) mass is 261 g/mol. The highest BCUT2D eigenvalue weighted by Crippen LogP contribution is 2.26. The molecule has 100 valence electrons. The normalized spacial score (nSPS) is 18.9. The van der Waals surface area contributed by atoms with E-state index in [2.05, 4.69) is 67.6 Å². The largest absolute Gasteiger partial charge is 0.253 e. The molecule has 0 saturated carbocycles. The fourth-order valence-corrected chi connectivity index (χ4v) is 2.57. The van der Waals surface area contributed by atoms with Crippen LogP contribution in [0.15, 0.2) is 71.7 Å². The zero-order chi connectivity index (χ0) is 13.8. The Morgan fingerprint density at radius 2 is 1.45 bits per heavy atom. The van der Waals surface area contributed by atoms with Crippen molar-refractivity contribution in [2.24, 2.45) is 10.9 Å². The first kappa shape index (κ1) is 12.9. The van der Waals surface area contributed by atoms with E-state index in [0.29, 0.717) is 5.92 Å². The molecule has 0 unspecified atom stereocenters. The number of nitrogens with zero attached hydrogens (tertiary/aromatic N) is 1. The second kappa shape index (κ2) is 5.87. The first-order chi connectivity index (χ1) is 9.83. The Kier molecular flexibility index (Phi) is 3.78. The van der Waals surface area contributed by atoms with Crippen molar-refractivity contribution in [3.05, 3.63) is 77.9 Å². The molecule has 1 heteroatoms. The van der Waals surface area contributed by atoms with Crippen molar-refractivity contribution >= 4 is 11.4 Å². The second-order valence-electron chi connectivity index (χ2n) is 5.42. The van der Waals surface area contributed by atoms with Gasteiger partial charge in [-0.05, 0) is 29.9 Å². The van der Waals surface area contributed by atoms with Gasteiger partial charge < -0.3 is 0 Å². The van der Waals surface area contributed by atoms with E-state index in [9.17, 15) is 0 Å². The zero-order valence-corrected chi connectivity index (χ0v) is 11.8. The third-order valence-electron chi connectivity index (χ3n) is 3.69. The van der Waals surface area contributed by atoms with Gasteiger partial charge in [0.15, 0.2) is 0 Å². The van der Waals surface area contributed by atoms with Gasteiger partial charge in [0, 0.05) is 5.71 Å². The average Bonchev–Trinajstić information content (AvgIpc) is 2.71. The van der Waals surface area contributed by atoms with Crippen molar-refractivity contribution < 1.29 is 0 Å². The summed E-state index contributed by atoms with van der Waals surface area (Å²) >= 11 is 0. The Morgan fingerprint density at radius 1 is 0.850 bits per heavy atom. The SMILES string of the molecule is C[C@H]1CC=C(c2ccccc2)N=C(c2ccccc2)C1. The van der Waals surface area contributed by atoms with Crippen LogP contribution < -0.4 is 0 Å². The Morgan fingerprint density at radius 3 is 2.10 bits per heavy atom. The molecule has 20 heavy (non-hydrogen) atoms. The molecule has 0 spiro atoms. The summed E-state index contributed by atoms with van der Waals surface area (Å²) in [5, 5.41) is 0. The summed E-state index contributed by atoms with van der Waals surface area (Å²) in [4.78, 5) is 4.94. The zero-order valence-electron chi connectivity index (χ0n) is 11.8. The van der Waals surface area contributed by atoms with E-state index in [-0.39, 0.29) is 0 Å². The van der Waals surface area contributed by atoms with Gasteiger partial charge in [0.25, 0.3) is 0 Å². The molecule has 0 radical (unpaired) electrons. The number of aliphatic imine (C=N–C) groups is 1. The van der Waals surface area contributed by atoms with E-state index in [4.69, 9.17) is 4.99 Å². The summed E-state index contributed by atoms with van der Waals surface area (Å²) in [6.07, 6.45) is 4.40. The second-order valence-corrected chi connectivity index (χ2v) is 5.42. The van der Waals surface area contributed by atoms with Crippen LogP contribution >= 0.6 is 0 Å². The van der Waals surface area contributed by atoms with Gasteiger partial charge in [-0.3, -0.25) is 4.99 Å². The van der Waals surface area contributed by atoms with Crippen LogP contribution in [0.5, 0.6) is 0 Å². The summed E-state index contributed by atoms with van der Waals surface area (Å²) in [7, 11) is 0. The van der Waals surface area contributed by atoms with Crippen LogP contribution in [0.4, 0.5) is 0 Å². The molecule has 0 amide bonds. The van der Waals surface area contributed by atoms with E-state index in [1.807, 2.05) is 6.07 Å². The number of benzene rings is 2. The lowest BCUT2D eigenvalue weighted by Gasteiger charge is -2.09. The maximum atomic E-state index is 4.94. The molecular formula is C19H19N. The number of hydrogen-bond donors (Lipinski definition) is 0. The maximum absolute atomic E-state index is 4.94. The molecule has 2 aromatic rings. The van der Waals surface area contributed by atoms with Crippen LogP contribution in [0, 0.1) is 5.92 Å².